The van der Waals surface area contributed by atoms with Crippen LogP contribution in [0, 0.1) is 27.6 Å². The monoisotopic (exact) mass is 610 g/mol. The Morgan fingerprint density at radius 2 is 1.54 bits per heavy atom. The topological polar surface area (TPSA) is 0 Å². The maximum Gasteiger partial charge on any atom is -1.00 e. The predicted octanol–water partition coefficient (Wildman–Crippen LogP) is 3.48. The number of benzene rings is 1. The van der Waals surface area contributed by atoms with Gasteiger partial charge in [0.2, 0.25) is 0 Å². The fourth-order valence-electron chi connectivity index (χ4n) is 9.01. The van der Waals surface area contributed by atoms with E-state index in [-0.39, 0.29) is 49.6 Å². The van der Waals surface area contributed by atoms with E-state index in [9.17, 15) is 0 Å². The summed E-state index contributed by atoms with van der Waals surface area (Å²) in [4.78, 5) is 0. The summed E-state index contributed by atoms with van der Waals surface area (Å²) in [5.41, 5.74) is 10.7. The molecule has 1 saturated carbocycles. The van der Waals surface area contributed by atoms with Crippen LogP contribution in [0.4, 0.5) is 0 Å². The van der Waals surface area contributed by atoms with Crippen LogP contribution >= 0.6 is 0 Å². The zero-order chi connectivity index (χ0) is 25.0. The fraction of sp³-hybridized carbons (Fsp3) is 0.529. The first-order valence-corrected chi connectivity index (χ1v) is 16.2. The van der Waals surface area contributed by atoms with Crippen molar-refractivity contribution >= 4 is 5.57 Å². The Morgan fingerprint density at radius 3 is 2.22 bits per heavy atom. The second-order valence-electron chi connectivity index (χ2n) is 13.7. The van der Waals surface area contributed by atoms with Gasteiger partial charge in [-0.05, 0) is 0 Å². The molecule has 0 amide bonds. The van der Waals surface area contributed by atoms with Crippen molar-refractivity contribution in [2.75, 3.05) is 0 Å². The van der Waals surface area contributed by atoms with E-state index in [1.807, 2.05) is 5.57 Å². The molecule has 5 aliphatic rings. The maximum atomic E-state index is 2.74. The number of rotatable bonds is 2. The van der Waals surface area contributed by atoms with Gasteiger partial charge in [0, 0.05) is 0 Å². The van der Waals surface area contributed by atoms with Crippen LogP contribution in [0.5, 0.6) is 0 Å². The van der Waals surface area contributed by atoms with Gasteiger partial charge in [0.1, 0.15) is 0 Å². The Labute approximate surface area is 249 Å². The molecule has 3 unspecified atom stereocenters. The Hall–Kier alpha value is -0.617. The number of halogens is 2. The summed E-state index contributed by atoms with van der Waals surface area (Å²) >= 11 is -0.917. The Bertz CT molecular complexity index is 1280. The van der Waals surface area contributed by atoms with Gasteiger partial charge >= 0.3 is 226 Å². The molecular formula is C34H42Cl2Zr. The van der Waals surface area contributed by atoms with Crippen LogP contribution in [0.2, 0.25) is 3.12 Å². The second kappa shape index (κ2) is 9.21. The van der Waals surface area contributed by atoms with Crippen LogP contribution in [0.25, 0.3) is 5.57 Å². The second-order valence-corrected chi connectivity index (χ2v) is 18.4. The van der Waals surface area contributed by atoms with Crippen molar-refractivity contribution in [2.24, 2.45) is 27.6 Å². The normalized spacial score (nSPS) is 33.3. The zero-order valence-corrected chi connectivity index (χ0v) is 27.8. The summed E-state index contributed by atoms with van der Waals surface area (Å²) in [7, 11) is 0. The van der Waals surface area contributed by atoms with E-state index in [0.717, 1.165) is 6.42 Å². The van der Waals surface area contributed by atoms with Crippen LogP contribution in [0.15, 0.2) is 74.6 Å². The number of allylic oxidation sites excluding steroid dienone is 10. The molecule has 0 N–H and O–H groups in total. The summed E-state index contributed by atoms with van der Waals surface area (Å²) in [6, 6.07) is 9.33. The molecule has 6 rings (SSSR count). The van der Waals surface area contributed by atoms with Crippen molar-refractivity contribution in [1.82, 2.24) is 0 Å². The minimum atomic E-state index is -0.917. The molecule has 0 aromatic heterocycles. The molecule has 37 heavy (non-hydrogen) atoms. The van der Waals surface area contributed by atoms with Crippen molar-refractivity contribution in [3.8, 4) is 0 Å². The van der Waals surface area contributed by atoms with Gasteiger partial charge in [-0.1, -0.05) is 0 Å². The number of fused-ring (bicyclic) bond motifs is 6. The Kier molecular flexibility index (Phi) is 7.31. The Morgan fingerprint density at radius 1 is 0.838 bits per heavy atom. The summed E-state index contributed by atoms with van der Waals surface area (Å²) in [5, 5.41) is 0. The molecular weight excluding hydrogens is 571 g/mol. The average Bonchev–Trinajstić information content (AvgIpc) is 3.45. The van der Waals surface area contributed by atoms with E-state index in [1.54, 1.807) is 25.6 Å². The first kappa shape index (κ1) is 29.4. The van der Waals surface area contributed by atoms with Gasteiger partial charge in [0.05, 0.1) is 0 Å². The summed E-state index contributed by atoms with van der Waals surface area (Å²) < 4.78 is 2.04. The molecule has 196 valence electrons. The van der Waals surface area contributed by atoms with Gasteiger partial charge in [0.25, 0.3) is 0 Å². The average molecular weight is 613 g/mol. The molecule has 1 fully saturated rings. The maximum absolute atomic E-state index is 2.74. The van der Waals surface area contributed by atoms with Crippen molar-refractivity contribution in [2.45, 2.75) is 84.2 Å². The Balaban J connectivity index is 0.00000160. The first-order valence-electron chi connectivity index (χ1n) is 13.8. The largest absolute Gasteiger partial charge is 1.00 e. The van der Waals surface area contributed by atoms with Gasteiger partial charge in [0.15, 0.2) is 0 Å². The SMILES string of the molecule is C[C]1([Zr+2][C]2=CC=CC2)C2=C3Cc4ccccc4C3=C3C=CCCC3C2(C)C(C)(C)C(C)(C)C1(C)C.[Cl-].[Cl-]. The smallest absolute Gasteiger partial charge is 1.00 e. The van der Waals surface area contributed by atoms with Gasteiger partial charge in [-0.25, -0.2) is 0 Å². The third-order valence-electron chi connectivity index (χ3n) is 12.4. The van der Waals surface area contributed by atoms with Gasteiger partial charge < -0.3 is 24.8 Å². The molecule has 0 radical (unpaired) electrons. The van der Waals surface area contributed by atoms with E-state index in [2.05, 4.69) is 110 Å². The van der Waals surface area contributed by atoms with Crippen molar-refractivity contribution in [1.29, 1.82) is 0 Å². The summed E-state index contributed by atoms with van der Waals surface area (Å²) in [5.74, 6) is 0.604. The molecule has 0 aliphatic heterocycles. The van der Waals surface area contributed by atoms with Gasteiger partial charge in [-0.3, -0.25) is 0 Å². The third kappa shape index (κ3) is 3.42. The standard InChI is InChI=1S/C29H37.C5H5.2ClH.Zr/c1-18-25-22-17-19-13-9-10-14-20(19)24(22)21-15-11-12-16-23(21)29(25,8)28(6,7)27(4,5)26(18,2)3;1-2-4-5-3-1;;;/h9-11,13-15,23H,12,16-17H2,1-8H3;1-3H,4H2;2*1H;/q;;;;+2/p-2. The molecule has 1 aromatic rings. The van der Waals surface area contributed by atoms with Crippen LogP contribution in [0.1, 0.15) is 85.8 Å². The minimum absolute atomic E-state index is 0. The summed E-state index contributed by atoms with van der Waals surface area (Å²) in [6.07, 6.45) is 17.0. The van der Waals surface area contributed by atoms with Gasteiger partial charge in [-0.2, -0.15) is 0 Å². The van der Waals surface area contributed by atoms with Crippen LogP contribution < -0.4 is 24.8 Å². The van der Waals surface area contributed by atoms with E-state index in [4.69, 9.17) is 0 Å². The van der Waals surface area contributed by atoms with E-state index < -0.39 is 23.2 Å². The van der Waals surface area contributed by atoms with E-state index in [0.29, 0.717) is 5.92 Å². The molecule has 0 heterocycles. The van der Waals surface area contributed by atoms with Crippen LogP contribution in [-0.4, -0.2) is 0 Å². The molecule has 0 saturated heterocycles. The molecule has 0 spiro atoms. The molecule has 3 heteroatoms. The predicted molar refractivity (Wildman–Crippen MR) is 146 cm³/mol. The van der Waals surface area contributed by atoms with Gasteiger partial charge in [-0.15, -0.1) is 0 Å². The molecule has 5 aliphatic carbocycles. The minimum Gasteiger partial charge on any atom is -1.00 e. The van der Waals surface area contributed by atoms with Crippen LogP contribution in [-0.2, 0) is 29.7 Å². The van der Waals surface area contributed by atoms with Crippen molar-refractivity contribution in [3.05, 3.63) is 85.8 Å². The van der Waals surface area contributed by atoms with Crippen molar-refractivity contribution in [3.63, 3.8) is 0 Å². The third-order valence-corrected chi connectivity index (χ3v) is 17.5. The quantitative estimate of drug-likeness (QED) is 0.480. The number of hydrogen-bond acceptors (Lipinski definition) is 0. The molecule has 3 atom stereocenters. The fourth-order valence-corrected chi connectivity index (χ4v) is 14.4. The molecule has 0 nitrogen and oxygen atoms in total. The zero-order valence-electron chi connectivity index (χ0n) is 23.9. The molecule has 0 bridgehead atoms. The van der Waals surface area contributed by atoms with Crippen LogP contribution in [0.3, 0.4) is 0 Å². The first-order chi connectivity index (χ1) is 16.4. The van der Waals surface area contributed by atoms with E-state index in [1.165, 1.54) is 24.8 Å². The summed E-state index contributed by atoms with van der Waals surface area (Å²) in [6.45, 7) is 21.3. The molecule has 1 aromatic carbocycles. The van der Waals surface area contributed by atoms with E-state index >= 15 is 0 Å². The number of hydrogen-bond donors (Lipinski definition) is 0. The van der Waals surface area contributed by atoms with Crippen molar-refractivity contribution < 1.29 is 48.0 Å².